The molecule has 2 rings (SSSR count). The summed E-state index contributed by atoms with van der Waals surface area (Å²) < 4.78 is 0. The van der Waals surface area contributed by atoms with Crippen LogP contribution < -0.4 is 0 Å². The van der Waals surface area contributed by atoms with Gasteiger partial charge in [-0.1, -0.05) is 23.2 Å². The Morgan fingerprint density at radius 2 is 1.83 bits per heavy atom. The molecule has 18 heavy (non-hydrogen) atoms. The van der Waals surface area contributed by atoms with Crippen molar-refractivity contribution in [2.24, 2.45) is 0 Å². The highest BCUT2D eigenvalue weighted by Gasteiger charge is 2.05. The Bertz CT molecular complexity index is 561. The van der Waals surface area contributed by atoms with Crippen molar-refractivity contribution in [1.82, 2.24) is 9.97 Å². The molecule has 1 N–H and O–H groups in total. The molecule has 0 saturated heterocycles. The number of aromatic hydroxyl groups is 1. The average Bonchev–Trinajstić information content (AvgIpc) is 2.29. The Hall–Kier alpha value is -0.620. The quantitative estimate of drug-likeness (QED) is 0.662. The number of halogens is 2. The third kappa shape index (κ3) is 3.68. The first-order chi connectivity index (χ1) is 8.54. The van der Waals surface area contributed by atoms with Crippen molar-refractivity contribution < 1.29 is 5.11 Å². The van der Waals surface area contributed by atoms with Crippen molar-refractivity contribution in [2.75, 3.05) is 0 Å². The van der Waals surface area contributed by atoms with Gasteiger partial charge in [-0.05, 0) is 46.7 Å². The molecule has 7 heteroatoms. The molecule has 0 fully saturated rings. The number of aryl methyl sites for hydroxylation is 1. The minimum atomic E-state index is -0.0280. The molecule has 0 saturated carbocycles. The van der Waals surface area contributed by atoms with E-state index < -0.39 is 0 Å². The lowest BCUT2D eigenvalue weighted by Gasteiger charge is -2.03. The van der Waals surface area contributed by atoms with Gasteiger partial charge in [0.1, 0.15) is 0 Å². The zero-order valence-electron chi connectivity index (χ0n) is 9.22. The fourth-order valence-electron chi connectivity index (χ4n) is 1.18. The third-order valence-corrected chi connectivity index (χ3v) is 4.80. The minimum Gasteiger partial charge on any atom is -0.493 e. The van der Waals surface area contributed by atoms with Crippen LogP contribution in [0.3, 0.4) is 0 Å². The van der Waals surface area contributed by atoms with Crippen molar-refractivity contribution in [3.05, 3.63) is 40.0 Å². The van der Waals surface area contributed by atoms with Gasteiger partial charge in [-0.25, -0.2) is 4.98 Å². The van der Waals surface area contributed by atoms with E-state index in [2.05, 4.69) is 9.97 Å². The number of hydrogen-bond donors (Lipinski definition) is 1. The maximum atomic E-state index is 9.36. The van der Waals surface area contributed by atoms with Crippen LogP contribution in [0.5, 0.6) is 5.88 Å². The molecule has 0 aliphatic carbocycles. The first-order valence-corrected chi connectivity index (χ1v) is 7.79. The summed E-state index contributed by atoms with van der Waals surface area (Å²) in [6.07, 6.45) is 0. The maximum Gasteiger partial charge on any atom is 0.215 e. The van der Waals surface area contributed by atoms with Gasteiger partial charge in [0.2, 0.25) is 11.0 Å². The highest BCUT2D eigenvalue weighted by Crippen LogP contribution is 2.38. The van der Waals surface area contributed by atoms with Gasteiger partial charge < -0.3 is 5.11 Å². The molecule has 0 bridgehead atoms. The maximum absolute atomic E-state index is 9.36. The van der Waals surface area contributed by atoms with Gasteiger partial charge >= 0.3 is 0 Å². The largest absolute Gasteiger partial charge is 0.493 e. The van der Waals surface area contributed by atoms with E-state index in [4.69, 9.17) is 23.2 Å². The van der Waals surface area contributed by atoms with E-state index >= 15 is 0 Å². The van der Waals surface area contributed by atoms with Gasteiger partial charge in [0.05, 0.1) is 10.0 Å². The Kier molecular flexibility index (Phi) is 4.61. The predicted molar refractivity (Wildman–Crippen MR) is 76.6 cm³/mol. The summed E-state index contributed by atoms with van der Waals surface area (Å²) in [5, 5.41) is 10.9. The summed E-state index contributed by atoms with van der Waals surface area (Å²) in [5.41, 5.74) is 0.722. The lowest BCUT2D eigenvalue weighted by atomic mass is 10.4. The first kappa shape index (κ1) is 13.8. The summed E-state index contributed by atoms with van der Waals surface area (Å²) >= 11 is 11.8. The number of benzene rings is 1. The molecule has 1 aromatic heterocycles. The van der Waals surface area contributed by atoms with Crippen LogP contribution in [-0.4, -0.2) is 15.1 Å². The van der Waals surface area contributed by atoms with Crippen LogP contribution >= 0.6 is 44.8 Å². The van der Waals surface area contributed by atoms with E-state index in [1.54, 1.807) is 19.1 Å². The molecule has 2 aromatic rings. The van der Waals surface area contributed by atoms with Crippen LogP contribution in [0, 0.1) is 6.92 Å². The molecule has 0 aliphatic rings. The molecule has 0 radical (unpaired) electrons. The van der Waals surface area contributed by atoms with E-state index in [1.807, 2.05) is 6.07 Å². The summed E-state index contributed by atoms with van der Waals surface area (Å²) in [7, 11) is 2.80. The fourth-order valence-corrected chi connectivity index (χ4v) is 3.36. The van der Waals surface area contributed by atoms with Crippen LogP contribution in [0.2, 0.25) is 10.0 Å². The van der Waals surface area contributed by atoms with Crippen molar-refractivity contribution in [1.29, 1.82) is 0 Å². The average molecular weight is 319 g/mol. The van der Waals surface area contributed by atoms with Crippen molar-refractivity contribution in [3.8, 4) is 5.88 Å². The summed E-state index contributed by atoms with van der Waals surface area (Å²) in [6.45, 7) is 1.80. The Balaban J connectivity index is 2.08. The monoisotopic (exact) mass is 318 g/mol. The summed E-state index contributed by atoms with van der Waals surface area (Å²) in [6, 6.07) is 6.88. The zero-order valence-corrected chi connectivity index (χ0v) is 12.4. The van der Waals surface area contributed by atoms with Crippen LogP contribution in [0.4, 0.5) is 0 Å². The second-order valence-electron chi connectivity index (χ2n) is 3.39. The third-order valence-electron chi connectivity index (χ3n) is 1.92. The van der Waals surface area contributed by atoms with Crippen LogP contribution in [0.25, 0.3) is 0 Å². The predicted octanol–water partition coefficient (Wildman–Crippen LogP) is 4.60. The Morgan fingerprint density at radius 3 is 2.50 bits per heavy atom. The highest BCUT2D eigenvalue weighted by molar-refractivity contribution is 8.76. The van der Waals surface area contributed by atoms with E-state index in [0.29, 0.717) is 15.2 Å². The second-order valence-corrected chi connectivity index (χ2v) is 6.38. The van der Waals surface area contributed by atoms with E-state index in [0.717, 1.165) is 10.6 Å². The Labute approximate surface area is 122 Å². The molecule has 1 aromatic carbocycles. The molecule has 0 aliphatic heterocycles. The van der Waals surface area contributed by atoms with E-state index in [-0.39, 0.29) is 5.88 Å². The SMILES string of the molecule is Cc1cc(O)nc(SSc2ccc(Cl)c(Cl)c2)n1. The van der Waals surface area contributed by atoms with Gasteiger partial charge in [-0.3, -0.25) is 0 Å². The van der Waals surface area contributed by atoms with Gasteiger partial charge in [-0.15, -0.1) is 0 Å². The minimum absolute atomic E-state index is 0.0280. The van der Waals surface area contributed by atoms with Gasteiger partial charge in [0.15, 0.2) is 0 Å². The molecule has 1 heterocycles. The van der Waals surface area contributed by atoms with E-state index in [1.165, 1.54) is 27.7 Å². The first-order valence-electron chi connectivity index (χ1n) is 4.89. The highest BCUT2D eigenvalue weighted by atomic mass is 35.5. The smallest absolute Gasteiger partial charge is 0.215 e. The molecule has 0 atom stereocenters. The summed E-state index contributed by atoms with van der Waals surface area (Å²) in [4.78, 5) is 9.06. The Morgan fingerprint density at radius 1 is 1.06 bits per heavy atom. The zero-order chi connectivity index (χ0) is 13.1. The van der Waals surface area contributed by atoms with Crippen LogP contribution in [0.1, 0.15) is 5.69 Å². The van der Waals surface area contributed by atoms with Gasteiger partial charge in [-0.2, -0.15) is 4.98 Å². The second kappa shape index (κ2) is 6.02. The fraction of sp³-hybridized carbons (Fsp3) is 0.0909. The molecule has 94 valence electrons. The number of aromatic nitrogens is 2. The molecule has 3 nitrogen and oxygen atoms in total. The standard InChI is InChI=1S/C11H8Cl2N2OS2/c1-6-4-10(16)15-11(14-6)18-17-7-2-3-8(12)9(13)5-7/h2-5H,1H3,(H,14,15,16). The van der Waals surface area contributed by atoms with Crippen LogP contribution in [-0.2, 0) is 0 Å². The molecule has 0 amide bonds. The molecular formula is C11H8Cl2N2OS2. The number of hydrogen-bond acceptors (Lipinski definition) is 5. The van der Waals surface area contributed by atoms with E-state index in [9.17, 15) is 5.11 Å². The normalized spacial score (nSPS) is 10.6. The molecular weight excluding hydrogens is 311 g/mol. The van der Waals surface area contributed by atoms with Gasteiger partial charge in [0, 0.05) is 16.7 Å². The van der Waals surface area contributed by atoms with Crippen LogP contribution in [0.15, 0.2) is 34.3 Å². The van der Waals surface area contributed by atoms with Crippen molar-refractivity contribution >= 4 is 44.8 Å². The van der Waals surface area contributed by atoms with Gasteiger partial charge in [0.25, 0.3) is 0 Å². The topological polar surface area (TPSA) is 46.0 Å². The number of nitrogens with zero attached hydrogens (tertiary/aromatic N) is 2. The molecule has 0 spiro atoms. The molecule has 0 unspecified atom stereocenters. The van der Waals surface area contributed by atoms with Crippen molar-refractivity contribution in [2.45, 2.75) is 17.0 Å². The summed E-state index contributed by atoms with van der Waals surface area (Å²) in [5.74, 6) is -0.0280. The van der Waals surface area contributed by atoms with Crippen molar-refractivity contribution in [3.63, 3.8) is 0 Å². The number of rotatable bonds is 3. The lowest BCUT2D eigenvalue weighted by molar-refractivity contribution is 0.444. The lowest BCUT2D eigenvalue weighted by Crippen LogP contribution is -1.87.